The zero-order valence-electron chi connectivity index (χ0n) is 14.2. The van der Waals surface area contributed by atoms with Crippen LogP contribution in [-0.4, -0.2) is 19.9 Å². The number of halogens is 4. The zero-order valence-corrected chi connectivity index (χ0v) is 15.8. The van der Waals surface area contributed by atoms with Gasteiger partial charge in [0.1, 0.15) is 0 Å². The molecule has 0 bridgehead atoms. The summed E-state index contributed by atoms with van der Waals surface area (Å²) in [6.45, 7) is 0.883. The molecule has 0 aromatic heterocycles. The van der Waals surface area contributed by atoms with Crippen LogP contribution in [0.1, 0.15) is 35.6 Å². The molecule has 1 aliphatic heterocycles. The molecule has 146 valence electrons. The second-order valence-corrected chi connectivity index (χ2v) is 8.55. The summed E-state index contributed by atoms with van der Waals surface area (Å²) in [5, 5.41) is 5.37. The van der Waals surface area contributed by atoms with Crippen molar-refractivity contribution in [3.8, 4) is 0 Å². The predicted octanol–water partition coefficient (Wildman–Crippen LogP) is 4.34. The molecule has 2 aromatic carbocycles. The number of nitrogens with zero attached hydrogens (tertiary/aromatic N) is 1. The van der Waals surface area contributed by atoms with Gasteiger partial charge in [0, 0.05) is 17.6 Å². The van der Waals surface area contributed by atoms with Crippen molar-refractivity contribution in [2.24, 2.45) is 5.14 Å². The van der Waals surface area contributed by atoms with Crippen molar-refractivity contribution in [2.45, 2.75) is 36.5 Å². The Morgan fingerprint density at radius 3 is 2.56 bits per heavy atom. The lowest BCUT2D eigenvalue weighted by Crippen LogP contribution is -2.25. The maximum absolute atomic E-state index is 13.4. The summed E-state index contributed by atoms with van der Waals surface area (Å²) in [6.07, 6.45) is -3.09. The van der Waals surface area contributed by atoms with Gasteiger partial charge in [0.05, 0.1) is 10.5 Å². The van der Waals surface area contributed by atoms with Gasteiger partial charge in [0.25, 0.3) is 0 Å². The molecule has 0 amide bonds. The van der Waals surface area contributed by atoms with E-state index in [9.17, 15) is 21.6 Å². The fourth-order valence-electron chi connectivity index (χ4n) is 3.52. The van der Waals surface area contributed by atoms with Crippen LogP contribution in [0.25, 0.3) is 0 Å². The van der Waals surface area contributed by atoms with Crippen LogP contribution in [0.5, 0.6) is 0 Å². The molecule has 0 spiro atoms. The van der Waals surface area contributed by atoms with E-state index < -0.39 is 27.8 Å². The third kappa shape index (κ3) is 4.63. The molecule has 9 heteroatoms. The van der Waals surface area contributed by atoms with E-state index in [1.165, 1.54) is 24.3 Å². The van der Waals surface area contributed by atoms with Crippen molar-refractivity contribution >= 4 is 21.6 Å². The van der Waals surface area contributed by atoms with Gasteiger partial charge in [-0.2, -0.15) is 13.2 Å². The first-order chi connectivity index (χ1) is 12.6. The predicted molar refractivity (Wildman–Crippen MR) is 96.7 cm³/mol. The Morgan fingerprint density at radius 1 is 1.19 bits per heavy atom. The van der Waals surface area contributed by atoms with Crippen molar-refractivity contribution in [1.29, 1.82) is 0 Å². The van der Waals surface area contributed by atoms with Crippen LogP contribution in [0.3, 0.4) is 0 Å². The maximum Gasteiger partial charge on any atom is 0.416 e. The normalized spacial score (nSPS) is 18.8. The fraction of sp³-hybridized carbons (Fsp3) is 0.333. The topological polar surface area (TPSA) is 63.4 Å². The molecule has 4 nitrogen and oxygen atoms in total. The van der Waals surface area contributed by atoms with E-state index in [0.717, 1.165) is 12.5 Å². The summed E-state index contributed by atoms with van der Waals surface area (Å²) in [6, 6.07) is 9.42. The molecule has 1 unspecified atom stereocenters. The monoisotopic (exact) mass is 418 g/mol. The minimum atomic E-state index is -4.43. The number of likely N-dealkylation sites (tertiary alicyclic amines) is 1. The summed E-state index contributed by atoms with van der Waals surface area (Å²) in [7, 11) is -3.92. The van der Waals surface area contributed by atoms with Crippen LogP contribution >= 0.6 is 11.6 Å². The van der Waals surface area contributed by atoms with Crippen molar-refractivity contribution in [1.82, 2.24) is 4.90 Å². The Balaban J connectivity index is 1.92. The van der Waals surface area contributed by atoms with Crippen LogP contribution in [-0.2, 0) is 22.7 Å². The van der Waals surface area contributed by atoms with Crippen molar-refractivity contribution in [2.75, 3.05) is 6.54 Å². The molecular weight excluding hydrogens is 401 g/mol. The van der Waals surface area contributed by atoms with Crippen LogP contribution in [0.2, 0.25) is 5.02 Å². The van der Waals surface area contributed by atoms with Crippen LogP contribution in [0.4, 0.5) is 13.2 Å². The van der Waals surface area contributed by atoms with E-state index in [-0.39, 0.29) is 22.0 Å². The highest BCUT2D eigenvalue weighted by atomic mass is 35.5. The SMILES string of the molecule is NS(=O)(=O)c1cc(Cl)cc(CN2CCCC2c2ccccc2C(F)(F)F)c1. The van der Waals surface area contributed by atoms with Gasteiger partial charge in [-0.05, 0) is 54.8 Å². The Bertz CT molecular complexity index is 948. The minimum absolute atomic E-state index is 0.114. The molecule has 2 aromatic rings. The van der Waals surface area contributed by atoms with Crippen LogP contribution < -0.4 is 5.14 Å². The van der Waals surface area contributed by atoms with Crippen LogP contribution in [0.15, 0.2) is 47.4 Å². The number of sulfonamides is 1. The molecule has 2 N–H and O–H groups in total. The number of rotatable bonds is 4. The first-order valence-corrected chi connectivity index (χ1v) is 10.2. The molecule has 1 fully saturated rings. The number of hydrogen-bond acceptors (Lipinski definition) is 3. The van der Waals surface area contributed by atoms with Gasteiger partial charge in [-0.25, -0.2) is 13.6 Å². The lowest BCUT2D eigenvalue weighted by molar-refractivity contribution is -0.138. The molecule has 1 atom stereocenters. The highest BCUT2D eigenvalue weighted by Crippen LogP contribution is 2.40. The summed E-state index contributed by atoms with van der Waals surface area (Å²) in [4.78, 5) is 1.79. The highest BCUT2D eigenvalue weighted by molar-refractivity contribution is 7.89. The maximum atomic E-state index is 13.4. The minimum Gasteiger partial charge on any atom is -0.292 e. The lowest BCUT2D eigenvalue weighted by atomic mass is 9.97. The number of benzene rings is 2. The van der Waals surface area contributed by atoms with E-state index in [0.29, 0.717) is 18.5 Å². The summed E-state index contributed by atoms with van der Waals surface area (Å²) >= 11 is 5.99. The number of hydrogen-bond donors (Lipinski definition) is 1. The second kappa shape index (κ2) is 7.43. The van der Waals surface area contributed by atoms with E-state index >= 15 is 0 Å². The Labute approximate surface area is 160 Å². The van der Waals surface area contributed by atoms with Gasteiger partial charge in [0.15, 0.2) is 0 Å². The van der Waals surface area contributed by atoms with E-state index in [4.69, 9.17) is 16.7 Å². The molecular formula is C18H18ClF3N2O2S. The third-order valence-electron chi connectivity index (χ3n) is 4.63. The van der Waals surface area contributed by atoms with E-state index in [1.54, 1.807) is 12.1 Å². The standard InChI is InChI=1S/C18H18ClF3N2O2S/c19-13-8-12(9-14(10-13)27(23,25)26)11-24-7-3-6-17(24)15-4-1-2-5-16(15)18(20,21)22/h1-2,4-5,8-10,17H,3,6-7,11H2,(H2,23,25,26). The molecule has 1 saturated heterocycles. The smallest absolute Gasteiger partial charge is 0.292 e. The second-order valence-electron chi connectivity index (χ2n) is 6.55. The molecule has 27 heavy (non-hydrogen) atoms. The largest absolute Gasteiger partial charge is 0.416 e. The molecule has 1 aliphatic rings. The quantitative estimate of drug-likeness (QED) is 0.803. The molecule has 0 saturated carbocycles. The van der Waals surface area contributed by atoms with Crippen molar-refractivity contribution in [3.63, 3.8) is 0 Å². The third-order valence-corrected chi connectivity index (χ3v) is 5.75. The van der Waals surface area contributed by atoms with Gasteiger partial charge < -0.3 is 0 Å². The Morgan fingerprint density at radius 2 is 1.89 bits per heavy atom. The first-order valence-electron chi connectivity index (χ1n) is 8.28. The summed E-state index contributed by atoms with van der Waals surface area (Å²) in [5.74, 6) is 0. The fourth-order valence-corrected chi connectivity index (χ4v) is 4.45. The van der Waals surface area contributed by atoms with Gasteiger partial charge in [-0.15, -0.1) is 0 Å². The highest BCUT2D eigenvalue weighted by Gasteiger charge is 2.37. The molecule has 0 aliphatic carbocycles. The Kier molecular flexibility index (Phi) is 5.54. The lowest BCUT2D eigenvalue weighted by Gasteiger charge is -2.27. The van der Waals surface area contributed by atoms with Gasteiger partial charge in [-0.3, -0.25) is 4.90 Å². The van der Waals surface area contributed by atoms with Crippen molar-refractivity contribution in [3.05, 3.63) is 64.2 Å². The Hall–Kier alpha value is -1.61. The first kappa shape index (κ1) is 20.1. The van der Waals surface area contributed by atoms with E-state index in [1.807, 2.05) is 4.90 Å². The number of nitrogens with two attached hydrogens (primary N) is 1. The average molecular weight is 419 g/mol. The van der Waals surface area contributed by atoms with Gasteiger partial charge in [0.2, 0.25) is 10.0 Å². The average Bonchev–Trinajstić information content (AvgIpc) is 3.00. The molecule has 3 rings (SSSR count). The van der Waals surface area contributed by atoms with E-state index in [2.05, 4.69) is 0 Å². The number of alkyl halides is 3. The van der Waals surface area contributed by atoms with Crippen molar-refractivity contribution < 1.29 is 21.6 Å². The molecule has 1 heterocycles. The number of primary sulfonamides is 1. The summed E-state index contributed by atoms with van der Waals surface area (Å²) in [5.41, 5.74) is 0.178. The van der Waals surface area contributed by atoms with Crippen LogP contribution in [0, 0.1) is 0 Å². The van der Waals surface area contributed by atoms with Gasteiger partial charge in [-0.1, -0.05) is 29.8 Å². The molecule has 0 radical (unpaired) electrons. The van der Waals surface area contributed by atoms with Gasteiger partial charge >= 0.3 is 6.18 Å². The zero-order chi connectivity index (χ0) is 19.8. The summed E-state index contributed by atoms with van der Waals surface area (Å²) < 4.78 is 63.3.